The first-order valence-corrected chi connectivity index (χ1v) is 9.60. The van der Waals surface area contributed by atoms with Gasteiger partial charge in [-0.3, -0.25) is 9.79 Å². The van der Waals surface area contributed by atoms with Crippen LogP contribution in [0, 0.1) is 5.92 Å². The summed E-state index contributed by atoms with van der Waals surface area (Å²) in [7, 11) is 0. The Labute approximate surface area is 183 Å². The van der Waals surface area contributed by atoms with E-state index in [1.807, 2.05) is 24.3 Å². The molecule has 1 unspecified atom stereocenters. The summed E-state index contributed by atoms with van der Waals surface area (Å²) in [5, 5.41) is 4.06. The number of carbonyl (C=O) groups excluding carboxylic acids is 1. The number of aliphatic imine (C=N–C) groups is 1. The SMILES string of the molecule is CCNC(=NCCOCc1ccc(Cl)cc1)N1CCCC(CC(N)=O)C1.I. The number of ether oxygens (including phenoxy) is 1. The van der Waals surface area contributed by atoms with Gasteiger partial charge in [-0.1, -0.05) is 23.7 Å². The second-order valence-electron chi connectivity index (χ2n) is 6.54. The summed E-state index contributed by atoms with van der Waals surface area (Å²) in [5.74, 6) is 0.970. The van der Waals surface area contributed by atoms with Crippen molar-refractivity contribution in [1.82, 2.24) is 10.2 Å². The van der Waals surface area contributed by atoms with Gasteiger partial charge in [-0.05, 0) is 43.4 Å². The second-order valence-corrected chi connectivity index (χ2v) is 6.98. The Morgan fingerprint density at radius 1 is 1.41 bits per heavy atom. The first-order valence-electron chi connectivity index (χ1n) is 9.22. The number of guanidine groups is 1. The molecule has 1 heterocycles. The fraction of sp³-hybridized carbons (Fsp3) is 0.579. The molecular formula is C19H30ClIN4O2. The van der Waals surface area contributed by atoms with Crippen LogP contribution in [-0.4, -0.2) is 49.6 Å². The van der Waals surface area contributed by atoms with Gasteiger partial charge in [0.05, 0.1) is 19.8 Å². The maximum absolute atomic E-state index is 11.2. The topological polar surface area (TPSA) is 80.0 Å². The van der Waals surface area contributed by atoms with E-state index in [-0.39, 0.29) is 29.9 Å². The Balaban J connectivity index is 0.00000364. The minimum Gasteiger partial charge on any atom is -0.375 e. The monoisotopic (exact) mass is 508 g/mol. The van der Waals surface area contributed by atoms with Gasteiger partial charge in [0.2, 0.25) is 5.91 Å². The normalized spacial score (nSPS) is 17.3. The van der Waals surface area contributed by atoms with Crippen molar-refractivity contribution in [3.63, 3.8) is 0 Å². The van der Waals surface area contributed by atoms with Crippen molar-refractivity contribution in [1.29, 1.82) is 0 Å². The lowest BCUT2D eigenvalue weighted by Crippen LogP contribution is -2.47. The van der Waals surface area contributed by atoms with Crippen LogP contribution in [0.3, 0.4) is 0 Å². The number of primary amides is 1. The highest BCUT2D eigenvalue weighted by molar-refractivity contribution is 14.0. The van der Waals surface area contributed by atoms with Crippen LogP contribution in [0.5, 0.6) is 0 Å². The molecule has 1 fully saturated rings. The lowest BCUT2D eigenvalue weighted by molar-refractivity contribution is -0.119. The lowest BCUT2D eigenvalue weighted by Gasteiger charge is -2.34. The molecule has 0 radical (unpaired) electrons. The first kappa shape index (κ1) is 24.0. The largest absolute Gasteiger partial charge is 0.375 e. The fourth-order valence-electron chi connectivity index (χ4n) is 3.12. The summed E-state index contributed by atoms with van der Waals surface area (Å²) in [6.45, 7) is 6.32. The molecule has 1 aromatic carbocycles. The molecule has 0 spiro atoms. The summed E-state index contributed by atoms with van der Waals surface area (Å²) in [5.41, 5.74) is 6.44. The number of nitrogens with one attached hydrogen (secondary N) is 1. The Bertz CT molecular complexity index is 598. The van der Waals surface area contributed by atoms with Crippen LogP contribution in [0.4, 0.5) is 0 Å². The highest BCUT2D eigenvalue weighted by atomic mass is 127. The molecule has 2 rings (SSSR count). The van der Waals surface area contributed by atoms with E-state index in [2.05, 4.69) is 22.1 Å². The Hall–Kier alpha value is -1.06. The number of hydrogen-bond donors (Lipinski definition) is 2. The van der Waals surface area contributed by atoms with E-state index in [0.29, 0.717) is 32.1 Å². The van der Waals surface area contributed by atoms with Gasteiger partial charge in [-0.15, -0.1) is 24.0 Å². The molecule has 27 heavy (non-hydrogen) atoms. The maximum atomic E-state index is 11.2. The predicted molar refractivity (Wildman–Crippen MR) is 121 cm³/mol. The zero-order valence-electron chi connectivity index (χ0n) is 15.8. The molecule has 6 nitrogen and oxygen atoms in total. The number of piperidine rings is 1. The lowest BCUT2D eigenvalue weighted by atomic mass is 9.95. The van der Waals surface area contributed by atoms with Crippen LogP contribution in [0.15, 0.2) is 29.3 Å². The van der Waals surface area contributed by atoms with Gasteiger partial charge in [-0.2, -0.15) is 0 Å². The average molecular weight is 509 g/mol. The summed E-state index contributed by atoms with van der Waals surface area (Å²) in [6.07, 6.45) is 2.54. The quantitative estimate of drug-likeness (QED) is 0.245. The van der Waals surface area contributed by atoms with Crippen molar-refractivity contribution >= 4 is 47.4 Å². The van der Waals surface area contributed by atoms with Crippen molar-refractivity contribution < 1.29 is 9.53 Å². The molecule has 152 valence electrons. The van der Waals surface area contributed by atoms with Crippen LogP contribution in [0.25, 0.3) is 0 Å². The van der Waals surface area contributed by atoms with E-state index in [0.717, 1.165) is 49.0 Å². The van der Waals surface area contributed by atoms with Gasteiger partial charge in [0, 0.05) is 31.1 Å². The van der Waals surface area contributed by atoms with Gasteiger partial charge in [0.25, 0.3) is 0 Å². The maximum Gasteiger partial charge on any atom is 0.217 e. The zero-order valence-corrected chi connectivity index (χ0v) is 18.9. The second kappa shape index (κ2) is 13.2. The molecule has 3 N–H and O–H groups in total. The van der Waals surface area contributed by atoms with Gasteiger partial charge >= 0.3 is 0 Å². The fourth-order valence-corrected chi connectivity index (χ4v) is 3.25. The van der Waals surface area contributed by atoms with E-state index in [4.69, 9.17) is 22.1 Å². The molecule has 0 bridgehead atoms. The zero-order chi connectivity index (χ0) is 18.8. The standard InChI is InChI=1S/C19H29ClN4O2.HI/c1-2-22-19(24-10-3-4-16(13-24)12-18(21)25)23-9-11-26-14-15-5-7-17(20)8-6-15;/h5-8,16H,2-4,9-14H2,1H3,(H2,21,25)(H,22,23);1H. The van der Waals surface area contributed by atoms with Crippen molar-refractivity contribution in [2.24, 2.45) is 16.6 Å². The molecule has 1 amide bonds. The van der Waals surface area contributed by atoms with Crippen LogP contribution in [0.1, 0.15) is 31.7 Å². The van der Waals surface area contributed by atoms with Crippen molar-refractivity contribution in [2.45, 2.75) is 32.8 Å². The van der Waals surface area contributed by atoms with Gasteiger partial charge in [0.1, 0.15) is 0 Å². The molecule has 1 aliphatic rings. The summed E-state index contributed by atoms with van der Waals surface area (Å²) < 4.78 is 5.69. The van der Waals surface area contributed by atoms with Gasteiger partial charge < -0.3 is 20.7 Å². The average Bonchev–Trinajstić information content (AvgIpc) is 2.62. The highest BCUT2D eigenvalue weighted by Gasteiger charge is 2.23. The Morgan fingerprint density at radius 3 is 2.81 bits per heavy atom. The number of amides is 1. The molecule has 0 saturated carbocycles. The minimum atomic E-state index is -0.227. The van der Waals surface area contributed by atoms with E-state index >= 15 is 0 Å². The van der Waals surface area contributed by atoms with E-state index in [1.54, 1.807) is 0 Å². The molecule has 0 aliphatic carbocycles. The molecule has 1 aliphatic heterocycles. The van der Waals surface area contributed by atoms with Crippen molar-refractivity contribution in [2.75, 3.05) is 32.8 Å². The third-order valence-corrected chi connectivity index (χ3v) is 4.57. The number of hydrogen-bond acceptors (Lipinski definition) is 3. The number of carbonyl (C=O) groups is 1. The number of nitrogens with two attached hydrogens (primary N) is 1. The minimum absolute atomic E-state index is 0. The molecular weight excluding hydrogens is 479 g/mol. The molecule has 8 heteroatoms. The third-order valence-electron chi connectivity index (χ3n) is 4.32. The van der Waals surface area contributed by atoms with E-state index in [9.17, 15) is 4.79 Å². The smallest absolute Gasteiger partial charge is 0.217 e. The number of likely N-dealkylation sites (tertiary alicyclic amines) is 1. The Kier molecular flexibility index (Phi) is 11.7. The predicted octanol–water partition coefficient (Wildman–Crippen LogP) is 3.03. The van der Waals surface area contributed by atoms with Gasteiger partial charge in [-0.25, -0.2) is 0 Å². The van der Waals surface area contributed by atoms with Crippen LogP contribution >= 0.6 is 35.6 Å². The summed E-state index contributed by atoms with van der Waals surface area (Å²) in [6, 6.07) is 7.64. The number of nitrogens with zero attached hydrogens (tertiary/aromatic N) is 2. The summed E-state index contributed by atoms with van der Waals surface area (Å²) in [4.78, 5) is 18.1. The highest BCUT2D eigenvalue weighted by Crippen LogP contribution is 2.19. The molecule has 0 aromatic heterocycles. The van der Waals surface area contributed by atoms with E-state index in [1.165, 1.54) is 0 Å². The van der Waals surface area contributed by atoms with Gasteiger partial charge in [0.15, 0.2) is 5.96 Å². The van der Waals surface area contributed by atoms with E-state index < -0.39 is 0 Å². The molecule has 1 aromatic rings. The summed E-state index contributed by atoms with van der Waals surface area (Å²) >= 11 is 5.88. The van der Waals surface area contributed by atoms with Crippen LogP contribution in [-0.2, 0) is 16.1 Å². The Morgan fingerprint density at radius 2 is 2.15 bits per heavy atom. The van der Waals surface area contributed by atoms with Crippen LogP contribution < -0.4 is 11.1 Å². The number of halogens is 2. The third kappa shape index (κ3) is 9.12. The first-order chi connectivity index (χ1) is 12.6. The van der Waals surface area contributed by atoms with Crippen molar-refractivity contribution in [3.05, 3.63) is 34.9 Å². The molecule has 1 saturated heterocycles. The number of benzene rings is 1. The number of rotatable bonds is 8. The molecule has 1 atom stereocenters. The van der Waals surface area contributed by atoms with Crippen molar-refractivity contribution in [3.8, 4) is 0 Å². The van der Waals surface area contributed by atoms with Crippen LogP contribution in [0.2, 0.25) is 5.02 Å².